The van der Waals surface area contributed by atoms with E-state index in [1.165, 1.54) is 18.4 Å². The minimum atomic E-state index is 0.103. The van der Waals surface area contributed by atoms with E-state index in [-0.39, 0.29) is 6.61 Å². The van der Waals surface area contributed by atoms with Crippen LogP contribution in [0, 0.1) is 23.2 Å². The van der Waals surface area contributed by atoms with Crippen LogP contribution in [0.2, 0.25) is 0 Å². The van der Waals surface area contributed by atoms with Gasteiger partial charge >= 0.3 is 0 Å². The summed E-state index contributed by atoms with van der Waals surface area (Å²) in [4.78, 5) is 2.38. The molecule has 1 aliphatic rings. The van der Waals surface area contributed by atoms with Crippen molar-refractivity contribution >= 4 is 0 Å². The Morgan fingerprint density at radius 2 is 2.05 bits per heavy atom. The molecule has 0 aromatic heterocycles. The molecular formula is C17H20N2O. The van der Waals surface area contributed by atoms with Crippen LogP contribution in [0.5, 0.6) is 0 Å². The lowest BCUT2D eigenvalue weighted by Gasteiger charge is -2.21. The lowest BCUT2D eigenvalue weighted by Crippen LogP contribution is -2.26. The molecule has 0 spiro atoms. The maximum atomic E-state index is 8.80. The van der Waals surface area contributed by atoms with Crippen molar-refractivity contribution in [1.82, 2.24) is 4.90 Å². The Balaban J connectivity index is 2.07. The molecule has 0 bridgehead atoms. The number of nitriles is 1. The van der Waals surface area contributed by atoms with Crippen LogP contribution in [0.25, 0.3) is 0 Å². The van der Waals surface area contributed by atoms with Gasteiger partial charge < -0.3 is 5.11 Å². The quantitative estimate of drug-likeness (QED) is 0.805. The molecule has 104 valence electrons. The van der Waals surface area contributed by atoms with Crippen LogP contribution in [0.15, 0.2) is 24.3 Å². The summed E-state index contributed by atoms with van der Waals surface area (Å²) >= 11 is 0. The first-order valence-electron chi connectivity index (χ1n) is 7.13. The van der Waals surface area contributed by atoms with Crippen molar-refractivity contribution in [2.45, 2.75) is 38.3 Å². The number of hydrogen-bond donors (Lipinski definition) is 1. The Morgan fingerprint density at radius 1 is 1.25 bits per heavy atom. The minimum Gasteiger partial charge on any atom is -0.395 e. The largest absolute Gasteiger partial charge is 0.395 e. The third-order valence-corrected chi connectivity index (χ3v) is 3.42. The Kier molecular flexibility index (Phi) is 5.62. The number of benzene rings is 1. The molecule has 1 saturated carbocycles. The monoisotopic (exact) mass is 268 g/mol. The van der Waals surface area contributed by atoms with Gasteiger partial charge in [0.05, 0.1) is 12.7 Å². The summed E-state index contributed by atoms with van der Waals surface area (Å²) in [6.07, 6.45) is 3.57. The van der Waals surface area contributed by atoms with Crippen molar-refractivity contribution in [1.29, 1.82) is 5.26 Å². The molecule has 1 fully saturated rings. The molecule has 0 radical (unpaired) electrons. The second-order valence-corrected chi connectivity index (χ2v) is 5.04. The van der Waals surface area contributed by atoms with Crippen LogP contribution >= 0.6 is 0 Å². The summed E-state index contributed by atoms with van der Waals surface area (Å²) in [6, 6.07) is 11.0. The van der Waals surface area contributed by atoms with Gasteiger partial charge in [-0.05, 0) is 24.5 Å². The molecule has 0 unspecified atom stereocenters. The van der Waals surface area contributed by atoms with Crippen molar-refractivity contribution < 1.29 is 5.11 Å². The van der Waals surface area contributed by atoms with E-state index < -0.39 is 0 Å². The van der Waals surface area contributed by atoms with Crippen LogP contribution in [-0.4, -0.2) is 29.2 Å². The van der Waals surface area contributed by atoms with Crippen molar-refractivity contribution in [2.75, 3.05) is 13.2 Å². The third kappa shape index (κ3) is 4.38. The normalized spacial score (nSPS) is 13.7. The minimum absolute atomic E-state index is 0.103. The third-order valence-electron chi connectivity index (χ3n) is 3.42. The van der Waals surface area contributed by atoms with Gasteiger partial charge in [-0.2, -0.15) is 5.26 Å². The van der Waals surface area contributed by atoms with Gasteiger partial charge in [0.25, 0.3) is 0 Å². The van der Waals surface area contributed by atoms with Gasteiger partial charge in [-0.25, -0.2) is 0 Å². The fraction of sp³-hybridized carbons (Fsp3) is 0.471. The van der Waals surface area contributed by atoms with Gasteiger partial charge in [0, 0.05) is 37.5 Å². The average Bonchev–Trinajstić information content (AvgIpc) is 3.30. The van der Waals surface area contributed by atoms with Crippen molar-refractivity contribution in [3.05, 3.63) is 35.4 Å². The summed E-state index contributed by atoms with van der Waals surface area (Å²) in [7, 11) is 0. The molecule has 0 aliphatic heterocycles. The maximum absolute atomic E-state index is 8.80. The Morgan fingerprint density at radius 3 is 2.75 bits per heavy atom. The molecule has 1 aliphatic carbocycles. The van der Waals surface area contributed by atoms with Gasteiger partial charge in [0.2, 0.25) is 0 Å². The number of aliphatic hydroxyl groups excluding tert-OH is 1. The van der Waals surface area contributed by atoms with Crippen LogP contribution < -0.4 is 0 Å². The zero-order chi connectivity index (χ0) is 14.2. The molecule has 1 N–H and O–H groups in total. The zero-order valence-corrected chi connectivity index (χ0v) is 11.7. The van der Waals surface area contributed by atoms with Gasteiger partial charge in [-0.3, -0.25) is 4.90 Å². The fourth-order valence-electron chi connectivity index (χ4n) is 2.24. The molecule has 3 heteroatoms. The highest BCUT2D eigenvalue weighted by molar-refractivity contribution is 5.41. The molecule has 1 aromatic carbocycles. The summed E-state index contributed by atoms with van der Waals surface area (Å²) in [5, 5.41) is 17.6. The molecule has 2 rings (SSSR count). The topological polar surface area (TPSA) is 47.3 Å². The van der Waals surface area contributed by atoms with E-state index >= 15 is 0 Å². The highest BCUT2D eigenvalue weighted by atomic mass is 16.2. The Hall–Kier alpha value is -1.81. The zero-order valence-electron chi connectivity index (χ0n) is 11.7. The van der Waals surface area contributed by atoms with Crippen LogP contribution in [0.3, 0.4) is 0 Å². The molecule has 0 heterocycles. The number of nitrogens with zero attached hydrogens (tertiary/aromatic N) is 2. The van der Waals surface area contributed by atoms with Crippen molar-refractivity contribution in [3.8, 4) is 17.9 Å². The van der Waals surface area contributed by atoms with E-state index in [9.17, 15) is 0 Å². The van der Waals surface area contributed by atoms with E-state index in [4.69, 9.17) is 10.4 Å². The van der Waals surface area contributed by atoms with Crippen molar-refractivity contribution in [2.24, 2.45) is 0 Å². The van der Waals surface area contributed by atoms with E-state index in [2.05, 4.69) is 28.9 Å². The first-order valence-corrected chi connectivity index (χ1v) is 7.13. The molecule has 20 heavy (non-hydrogen) atoms. The Labute approximate surface area is 120 Å². The molecule has 1 aromatic rings. The van der Waals surface area contributed by atoms with Gasteiger partial charge in [0.15, 0.2) is 0 Å². The lowest BCUT2D eigenvalue weighted by molar-refractivity contribution is 0.260. The summed E-state index contributed by atoms with van der Waals surface area (Å²) < 4.78 is 0. The molecule has 3 nitrogen and oxygen atoms in total. The summed E-state index contributed by atoms with van der Waals surface area (Å²) in [5.74, 6) is 6.12. The van der Waals surface area contributed by atoms with Crippen molar-refractivity contribution in [3.63, 3.8) is 0 Å². The predicted molar refractivity (Wildman–Crippen MR) is 78.7 cm³/mol. The number of rotatable bonds is 6. The highest BCUT2D eigenvalue weighted by Gasteiger charge is 2.28. The molecule has 0 atom stereocenters. The number of aliphatic hydroxyl groups is 1. The van der Waals surface area contributed by atoms with E-state index in [1.807, 2.05) is 18.2 Å². The average molecular weight is 268 g/mol. The second-order valence-electron chi connectivity index (χ2n) is 5.04. The SMILES string of the molecule is N#CCCN(Cc1ccccc1C#CCCO)C1CC1. The first kappa shape index (κ1) is 14.6. The van der Waals surface area contributed by atoms with Crippen LogP contribution in [0.4, 0.5) is 0 Å². The van der Waals surface area contributed by atoms with E-state index in [0.29, 0.717) is 18.9 Å². The molecular weight excluding hydrogens is 248 g/mol. The van der Waals surface area contributed by atoms with Gasteiger partial charge in [-0.1, -0.05) is 30.0 Å². The fourth-order valence-corrected chi connectivity index (χ4v) is 2.24. The van der Waals surface area contributed by atoms with E-state index in [1.54, 1.807) is 0 Å². The molecule has 0 amide bonds. The first-order chi connectivity index (χ1) is 9.85. The standard InChI is InChI=1S/C17H20N2O/c18-11-5-12-19(17-9-10-17)14-16-8-2-1-6-15(16)7-3-4-13-20/h1-2,6,8,17,20H,4-5,9-10,12-14H2. The highest BCUT2D eigenvalue weighted by Crippen LogP contribution is 2.28. The lowest BCUT2D eigenvalue weighted by atomic mass is 10.1. The maximum Gasteiger partial charge on any atom is 0.0635 e. The smallest absolute Gasteiger partial charge is 0.0635 e. The van der Waals surface area contributed by atoms with Crippen LogP contribution in [0.1, 0.15) is 36.8 Å². The summed E-state index contributed by atoms with van der Waals surface area (Å²) in [5.41, 5.74) is 2.24. The second kappa shape index (κ2) is 7.70. The van der Waals surface area contributed by atoms with Crippen LogP contribution in [-0.2, 0) is 6.54 Å². The van der Waals surface area contributed by atoms with Gasteiger partial charge in [0.1, 0.15) is 0 Å². The summed E-state index contributed by atoms with van der Waals surface area (Å²) in [6.45, 7) is 1.79. The predicted octanol–water partition coefficient (Wildman–Crippen LogP) is 2.30. The molecule has 0 saturated heterocycles. The number of hydrogen-bond acceptors (Lipinski definition) is 3. The Bertz CT molecular complexity index is 532. The van der Waals surface area contributed by atoms with E-state index in [0.717, 1.165) is 18.7 Å². The van der Waals surface area contributed by atoms with Gasteiger partial charge in [-0.15, -0.1) is 0 Å².